The van der Waals surface area contributed by atoms with Crippen LogP contribution in [0, 0.1) is 20.8 Å². The van der Waals surface area contributed by atoms with Crippen molar-refractivity contribution >= 4 is 23.7 Å². The summed E-state index contributed by atoms with van der Waals surface area (Å²) in [5, 5.41) is 2.77. The molecule has 43 heavy (non-hydrogen) atoms. The van der Waals surface area contributed by atoms with E-state index in [0.29, 0.717) is 46.9 Å². The maximum Gasteiger partial charge on any atom is 0.326 e. The number of ketones is 1. The molecule has 4 aromatic rings. The van der Waals surface area contributed by atoms with E-state index >= 15 is 0 Å². The number of hydrogen-bond acceptors (Lipinski definition) is 6. The maximum absolute atomic E-state index is 13.6. The Morgan fingerprint density at radius 1 is 0.953 bits per heavy atom. The number of Topliss-reactive ketones (excluding diaryl/α,β-unsaturated/α-hetero) is 1. The zero-order valence-electron chi connectivity index (χ0n) is 24.3. The first-order valence-electron chi connectivity index (χ1n) is 14.0. The summed E-state index contributed by atoms with van der Waals surface area (Å²) in [4.78, 5) is 66.4. The van der Waals surface area contributed by atoms with E-state index in [4.69, 9.17) is 4.74 Å². The number of imide groups is 1. The molecule has 220 valence electrons. The zero-order valence-corrected chi connectivity index (χ0v) is 24.3. The molecule has 0 bridgehead atoms. The minimum Gasteiger partial charge on any atom is -0.456 e. The Morgan fingerprint density at radius 3 is 2.40 bits per heavy atom. The van der Waals surface area contributed by atoms with Crippen LogP contribution < -0.4 is 10.9 Å². The van der Waals surface area contributed by atoms with Crippen LogP contribution >= 0.6 is 0 Å². The van der Waals surface area contributed by atoms with Gasteiger partial charge in [0.15, 0.2) is 6.61 Å². The fourth-order valence-corrected chi connectivity index (χ4v) is 6.33. The third kappa shape index (κ3) is 4.30. The number of nitrogens with one attached hydrogen (secondary N) is 1. The molecule has 0 radical (unpaired) electrons. The molecule has 1 aliphatic carbocycles. The van der Waals surface area contributed by atoms with E-state index in [1.165, 1.54) is 0 Å². The van der Waals surface area contributed by atoms with Crippen molar-refractivity contribution in [2.75, 3.05) is 13.2 Å². The van der Waals surface area contributed by atoms with Crippen molar-refractivity contribution in [2.24, 2.45) is 7.05 Å². The van der Waals surface area contributed by atoms with Crippen LogP contribution in [0.3, 0.4) is 0 Å². The number of amides is 3. The van der Waals surface area contributed by atoms with Gasteiger partial charge in [-0.1, -0.05) is 42.5 Å². The van der Waals surface area contributed by atoms with Crippen molar-refractivity contribution in [1.29, 1.82) is 0 Å². The first-order chi connectivity index (χ1) is 20.5. The lowest BCUT2D eigenvalue weighted by molar-refractivity contribution is -0.146. The minimum absolute atomic E-state index is 0.241. The van der Waals surface area contributed by atoms with Crippen molar-refractivity contribution in [1.82, 2.24) is 24.1 Å². The summed E-state index contributed by atoms with van der Waals surface area (Å²) >= 11 is 0. The van der Waals surface area contributed by atoms with Crippen LogP contribution in [0.2, 0.25) is 0 Å². The van der Waals surface area contributed by atoms with Crippen molar-refractivity contribution < 1.29 is 23.9 Å². The summed E-state index contributed by atoms with van der Waals surface area (Å²) in [7, 11) is 1.80. The number of para-hydroxylation sites is 1. The second kappa shape index (κ2) is 10.3. The fourth-order valence-electron chi connectivity index (χ4n) is 6.33. The molecule has 3 amide bonds. The molecule has 11 heteroatoms. The van der Waals surface area contributed by atoms with Crippen LogP contribution in [-0.2, 0) is 33.3 Å². The van der Waals surface area contributed by atoms with Crippen LogP contribution in [0.5, 0.6) is 0 Å². The SMILES string of the molecule is Cc1cc(C(=O)COC(=O)CN2C(=O)NC3(CCc4ccccc43)C2=O)c(C)n1-c1c(C)n(C)n(-c2ccccc2)c1=O. The highest BCUT2D eigenvalue weighted by atomic mass is 16.5. The van der Waals surface area contributed by atoms with Crippen LogP contribution in [0.15, 0.2) is 65.5 Å². The van der Waals surface area contributed by atoms with Gasteiger partial charge in [0.05, 0.1) is 11.4 Å². The second-order valence-corrected chi connectivity index (χ2v) is 11.0. The molecule has 1 aliphatic heterocycles. The number of fused-ring (bicyclic) bond motifs is 2. The molecule has 6 rings (SSSR count). The predicted octanol–water partition coefficient (Wildman–Crippen LogP) is 3.01. The Morgan fingerprint density at radius 2 is 1.65 bits per heavy atom. The van der Waals surface area contributed by atoms with Crippen LogP contribution in [0.4, 0.5) is 4.79 Å². The van der Waals surface area contributed by atoms with E-state index < -0.39 is 42.4 Å². The number of rotatable bonds is 7. The normalized spacial score (nSPS) is 17.4. The maximum atomic E-state index is 13.6. The van der Waals surface area contributed by atoms with Crippen molar-refractivity contribution in [3.63, 3.8) is 0 Å². The van der Waals surface area contributed by atoms with E-state index in [-0.39, 0.29) is 5.56 Å². The van der Waals surface area contributed by atoms with E-state index in [9.17, 15) is 24.0 Å². The first-order valence-corrected chi connectivity index (χ1v) is 14.0. The molecule has 1 unspecified atom stereocenters. The highest BCUT2D eigenvalue weighted by molar-refractivity contribution is 6.09. The van der Waals surface area contributed by atoms with Crippen LogP contribution in [-0.4, -0.2) is 55.7 Å². The van der Waals surface area contributed by atoms with Gasteiger partial charge in [-0.15, -0.1) is 0 Å². The third-order valence-corrected chi connectivity index (χ3v) is 8.55. The quantitative estimate of drug-likeness (QED) is 0.203. The molecular formula is C32H31N5O6. The third-order valence-electron chi connectivity index (χ3n) is 8.55. The van der Waals surface area contributed by atoms with Crippen molar-refractivity contribution in [3.05, 3.63) is 105 Å². The van der Waals surface area contributed by atoms with Crippen LogP contribution in [0.25, 0.3) is 11.4 Å². The van der Waals surface area contributed by atoms with Gasteiger partial charge in [-0.2, -0.15) is 0 Å². The molecular weight excluding hydrogens is 550 g/mol. The molecule has 1 fully saturated rings. The number of benzene rings is 2. The van der Waals surface area contributed by atoms with Gasteiger partial charge in [0.25, 0.3) is 11.5 Å². The van der Waals surface area contributed by atoms with E-state index in [1.807, 2.05) is 61.5 Å². The number of carbonyl (C=O) groups excluding carboxylic acids is 4. The van der Waals surface area contributed by atoms with Gasteiger partial charge in [0, 0.05) is 24.0 Å². The molecule has 1 saturated heterocycles. The summed E-state index contributed by atoms with van der Waals surface area (Å²) in [6, 6.07) is 17.7. The Hall–Kier alpha value is -5.19. The molecule has 2 aromatic carbocycles. The Kier molecular flexibility index (Phi) is 6.67. The Bertz CT molecular complexity index is 1880. The summed E-state index contributed by atoms with van der Waals surface area (Å²) in [6.07, 6.45) is 1.05. The number of esters is 1. The summed E-state index contributed by atoms with van der Waals surface area (Å²) in [5.41, 5.74) is 3.62. The number of urea groups is 1. The zero-order chi connectivity index (χ0) is 30.6. The number of carbonyl (C=O) groups is 4. The number of aromatic nitrogens is 3. The molecule has 2 aromatic heterocycles. The van der Waals surface area contributed by atoms with Gasteiger partial charge in [0.1, 0.15) is 17.8 Å². The smallest absolute Gasteiger partial charge is 0.326 e. The topological polar surface area (TPSA) is 125 Å². The Labute approximate surface area is 247 Å². The second-order valence-electron chi connectivity index (χ2n) is 11.0. The predicted molar refractivity (Wildman–Crippen MR) is 157 cm³/mol. The lowest BCUT2D eigenvalue weighted by Crippen LogP contribution is -2.42. The summed E-state index contributed by atoms with van der Waals surface area (Å²) < 4.78 is 10.3. The number of aryl methyl sites for hydroxylation is 2. The summed E-state index contributed by atoms with van der Waals surface area (Å²) in [5.74, 6) is -1.85. The average molecular weight is 582 g/mol. The molecule has 3 heterocycles. The standard InChI is InChI=1S/C32H31N5O6/c1-19-16-24(20(2)36(19)28-21(3)34(4)37(29(28)40)23-11-6-5-7-12-23)26(38)18-43-27(39)17-35-30(41)32(33-31(35)42)15-14-22-10-8-9-13-25(22)32/h5-13,16H,14-15,17-18H2,1-4H3,(H,33,42). The van der Waals surface area contributed by atoms with Gasteiger partial charge in [-0.3, -0.25) is 28.8 Å². The average Bonchev–Trinajstić information content (AvgIpc) is 3.65. The van der Waals surface area contributed by atoms with Gasteiger partial charge >= 0.3 is 12.0 Å². The first kappa shape index (κ1) is 28.0. The molecule has 11 nitrogen and oxygen atoms in total. The monoisotopic (exact) mass is 581 g/mol. The lowest BCUT2D eigenvalue weighted by Gasteiger charge is -2.22. The summed E-state index contributed by atoms with van der Waals surface area (Å²) in [6.45, 7) is 4.17. The molecule has 1 spiro atoms. The van der Waals surface area contributed by atoms with E-state index in [0.717, 1.165) is 16.0 Å². The van der Waals surface area contributed by atoms with Gasteiger partial charge in [0.2, 0.25) is 5.78 Å². The molecule has 2 aliphatic rings. The largest absolute Gasteiger partial charge is 0.456 e. The lowest BCUT2D eigenvalue weighted by atomic mass is 9.92. The Balaban J connectivity index is 1.17. The highest BCUT2D eigenvalue weighted by Crippen LogP contribution is 2.41. The minimum atomic E-state index is -1.18. The van der Waals surface area contributed by atoms with Gasteiger partial charge in [-0.05, 0) is 62.9 Å². The highest BCUT2D eigenvalue weighted by Gasteiger charge is 2.55. The van der Waals surface area contributed by atoms with E-state index in [1.54, 1.807) is 40.9 Å². The van der Waals surface area contributed by atoms with Crippen molar-refractivity contribution in [3.8, 4) is 11.4 Å². The number of ether oxygens (including phenoxy) is 1. The van der Waals surface area contributed by atoms with E-state index in [2.05, 4.69) is 5.32 Å². The molecule has 1 N–H and O–H groups in total. The molecule has 0 saturated carbocycles. The fraction of sp³-hybridized carbons (Fsp3) is 0.281. The van der Waals surface area contributed by atoms with Crippen molar-refractivity contribution in [2.45, 2.75) is 39.2 Å². The van der Waals surface area contributed by atoms with Gasteiger partial charge in [-0.25, -0.2) is 9.48 Å². The van der Waals surface area contributed by atoms with Crippen LogP contribution in [0.1, 0.15) is 45.0 Å². The number of hydrogen-bond donors (Lipinski definition) is 1. The molecule has 1 atom stereocenters. The number of nitrogens with zero attached hydrogens (tertiary/aromatic N) is 4. The van der Waals surface area contributed by atoms with Gasteiger partial charge < -0.3 is 14.6 Å².